The first-order chi connectivity index (χ1) is 6.73. The number of rotatable bonds is 5. The van der Waals surface area contributed by atoms with Crippen molar-refractivity contribution >= 4 is 5.97 Å². The van der Waals surface area contributed by atoms with Gasteiger partial charge in [0, 0.05) is 12.6 Å². The standard InChI is InChI=1S/C11H23NO3/c1-8(2)12-6-9(13)7-15-10(14)11(3,4)5/h8-9,12-13H,6-7H2,1-5H3. The Morgan fingerprint density at radius 3 is 2.33 bits per heavy atom. The van der Waals surface area contributed by atoms with E-state index in [4.69, 9.17) is 4.74 Å². The summed E-state index contributed by atoms with van der Waals surface area (Å²) >= 11 is 0. The van der Waals surface area contributed by atoms with E-state index in [9.17, 15) is 9.90 Å². The summed E-state index contributed by atoms with van der Waals surface area (Å²) in [5.74, 6) is -0.286. The summed E-state index contributed by atoms with van der Waals surface area (Å²) in [7, 11) is 0. The number of hydrogen-bond donors (Lipinski definition) is 2. The van der Waals surface area contributed by atoms with E-state index in [1.807, 2.05) is 13.8 Å². The lowest BCUT2D eigenvalue weighted by atomic mass is 9.97. The van der Waals surface area contributed by atoms with Gasteiger partial charge in [-0.3, -0.25) is 4.79 Å². The first kappa shape index (κ1) is 14.4. The van der Waals surface area contributed by atoms with Gasteiger partial charge in [0.1, 0.15) is 12.7 Å². The summed E-state index contributed by atoms with van der Waals surface area (Å²) in [5.41, 5.74) is -0.509. The maximum atomic E-state index is 11.4. The molecule has 90 valence electrons. The Morgan fingerprint density at radius 2 is 1.93 bits per heavy atom. The summed E-state index contributed by atoms with van der Waals surface area (Å²) in [6.45, 7) is 9.84. The molecule has 0 fully saturated rings. The van der Waals surface area contributed by atoms with Gasteiger partial charge < -0.3 is 15.2 Å². The fourth-order valence-electron chi connectivity index (χ4n) is 0.819. The SMILES string of the molecule is CC(C)NCC(O)COC(=O)C(C)(C)C. The number of carbonyl (C=O) groups excluding carboxylic acids is 1. The second kappa shape index (κ2) is 6.08. The molecule has 0 saturated heterocycles. The molecule has 0 bridgehead atoms. The van der Waals surface area contributed by atoms with Crippen LogP contribution in [-0.4, -0.2) is 36.4 Å². The minimum Gasteiger partial charge on any atom is -0.462 e. The van der Waals surface area contributed by atoms with Crippen molar-refractivity contribution in [3.8, 4) is 0 Å². The smallest absolute Gasteiger partial charge is 0.311 e. The van der Waals surface area contributed by atoms with Gasteiger partial charge in [-0.25, -0.2) is 0 Å². The van der Waals surface area contributed by atoms with Crippen LogP contribution in [0.5, 0.6) is 0 Å². The van der Waals surface area contributed by atoms with Crippen molar-refractivity contribution < 1.29 is 14.6 Å². The van der Waals surface area contributed by atoms with Gasteiger partial charge in [0.25, 0.3) is 0 Å². The van der Waals surface area contributed by atoms with E-state index in [0.717, 1.165) is 0 Å². The van der Waals surface area contributed by atoms with Gasteiger partial charge in [0.15, 0.2) is 0 Å². The van der Waals surface area contributed by atoms with Crippen molar-refractivity contribution in [3.63, 3.8) is 0 Å². The summed E-state index contributed by atoms with van der Waals surface area (Å²) in [6, 6.07) is 0.318. The third-order valence-corrected chi connectivity index (χ3v) is 1.78. The molecule has 0 aromatic carbocycles. The van der Waals surface area contributed by atoms with Crippen molar-refractivity contribution in [2.24, 2.45) is 5.41 Å². The Hall–Kier alpha value is -0.610. The highest BCUT2D eigenvalue weighted by molar-refractivity contribution is 5.75. The second-order valence-corrected chi connectivity index (χ2v) is 5.07. The van der Waals surface area contributed by atoms with Gasteiger partial charge in [-0.1, -0.05) is 13.8 Å². The van der Waals surface area contributed by atoms with Crippen LogP contribution < -0.4 is 5.32 Å². The highest BCUT2D eigenvalue weighted by atomic mass is 16.5. The van der Waals surface area contributed by atoms with E-state index >= 15 is 0 Å². The molecule has 0 rings (SSSR count). The monoisotopic (exact) mass is 217 g/mol. The quantitative estimate of drug-likeness (QED) is 0.673. The van der Waals surface area contributed by atoms with Crippen LogP contribution in [0, 0.1) is 5.41 Å². The fourth-order valence-corrected chi connectivity index (χ4v) is 0.819. The molecule has 15 heavy (non-hydrogen) atoms. The number of esters is 1. The summed E-state index contributed by atoms with van der Waals surface area (Å²) in [6.07, 6.45) is -0.640. The molecule has 0 heterocycles. The van der Waals surface area contributed by atoms with Gasteiger partial charge in [-0.15, -0.1) is 0 Å². The Morgan fingerprint density at radius 1 is 1.40 bits per heavy atom. The molecule has 0 aliphatic heterocycles. The lowest BCUT2D eigenvalue weighted by Crippen LogP contribution is -2.36. The zero-order valence-corrected chi connectivity index (χ0v) is 10.3. The van der Waals surface area contributed by atoms with Crippen LogP contribution in [0.25, 0.3) is 0 Å². The maximum absolute atomic E-state index is 11.4. The predicted molar refractivity (Wildman–Crippen MR) is 59.6 cm³/mol. The van der Waals surface area contributed by atoms with Gasteiger partial charge in [-0.2, -0.15) is 0 Å². The largest absolute Gasteiger partial charge is 0.462 e. The average molecular weight is 217 g/mol. The van der Waals surface area contributed by atoms with Crippen molar-refractivity contribution in [2.45, 2.75) is 46.8 Å². The molecular weight excluding hydrogens is 194 g/mol. The minimum absolute atomic E-state index is 0.0514. The van der Waals surface area contributed by atoms with E-state index < -0.39 is 11.5 Å². The van der Waals surface area contributed by atoms with Crippen LogP contribution >= 0.6 is 0 Å². The molecule has 0 aliphatic rings. The molecule has 1 unspecified atom stereocenters. The maximum Gasteiger partial charge on any atom is 0.311 e. The lowest BCUT2D eigenvalue weighted by Gasteiger charge is -2.19. The molecule has 0 radical (unpaired) electrons. The molecule has 0 aromatic rings. The van der Waals surface area contributed by atoms with Crippen molar-refractivity contribution in [1.82, 2.24) is 5.32 Å². The number of hydrogen-bond acceptors (Lipinski definition) is 4. The highest BCUT2D eigenvalue weighted by Gasteiger charge is 2.23. The fraction of sp³-hybridized carbons (Fsp3) is 0.909. The molecular formula is C11H23NO3. The summed E-state index contributed by atoms with van der Waals surface area (Å²) in [5, 5.41) is 12.5. The van der Waals surface area contributed by atoms with Gasteiger partial charge in [0.2, 0.25) is 0 Å². The van der Waals surface area contributed by atoms with E-state index in [0.29, 0.717) is 12.6 Å². The molecule has 4 heteroatoms. The summed E-state index contributed by atoms with van der Waals surface area (Å²) < 4.78 is 4.97. The van der Waals surface area contributed by atoms with Crippen LogP contribution in [0.4, 0.5) is 0 Å². The van der Waals surface area contributed by atoms with Crippen LogP contribution in [0.1, 0.15) is 34.6 Å². The topological polar surface area (TPSA) is 58.6 Å². The second-order valence-electron chi connectivity index (χ2n) is 5.07. The lowest BCUT2D eigenvalue weighted by molar-refractivity contribution is -0.155. The minimum atomic E-state index is -0.640. The molecule has 1 atom stereocenters. The Labute approximate surface area is 92.0 Å². The number of ether oxygens (including phenoxy) is 1. The van der Waals surface area contributed by atoms with E-state index in [1.165, 1.54) is 0 Å². The molecule has 0 aliphatic carbocycles. The zero-order chi connectivity index (χ0) is 12.1. The molecule has 2 N–H and O–H groups in total. The molecule has 0 spiro atoms. The number of aliphatic hydroxyl groups is 1. The van der Waals surface area contributed by atoms with Crippen molar-refractivity contribution in [1.29, 1.82) is 0 Å². The van der Waals surface area contributed by atoms with E-state index in [-0.39, 0.29) is 12.6 Å². The Kier molecular flexibility index (Phi) is 5.83. The number of carbonyl (C=O) groups is 1. The van der Waals surface area contributed by atoms with Crippen molar-refractivity contribution in [3.05, 3.63) is 0 Å². The van der Waals surface area contributed by atoms with Gasteiger partial charge in [-0.05, 0) is 20.8 Å². The average Bonchev–Trinajstić information content (AvgIpc) is 2.09. The van der Waals surface area contributed by atoms with Crippen molar-refractivity contribution in [2.75, 3.05) is 13.2 Å². The zero-order valence-electron chi connectivity index (χ0n) is 10.3. The first-order valence-electron chi connectivity index (χ1n) is 5.32. The molecule has 0 amide bonds. The van der Waals surface area contributed by atoms with Gasteiger partial charge >= 0.3 is 5.97 Å². The first-order valence-corrected chi connectivity index (χ1v) is 5.32. The Balaban J connectivity index is 3.72. The third-order valence-electron chi connectivity index (χ3n) is 1.78. The molecule has 0 saturated carbocycles. The predicted octanol–water partition coefficient (Wildman–Crippen LogP) is 0.935. The van der Waals surface area contributed by atoms with Crippen LogP contribution in [-0.2, 0) is 9.53 Å². The number of nitrogens with one attached hydrogen (secondary N) is 1. The Bertz CT molecular complexity index is 196. The summed E-state index contributed by atoms with van der Waals surface area (Å²) in [4.78, 5) is 11.4. The third kappa shape index (κ3) is 7.33. The van der Waals surface area contributed by atoms with E-state index in [2.05, 4.69) is 5.32 Å². The van der Waals surface area contributed by atoms with Gasteiger partial charge in [0.05, 0.1) is 5.41 Å². The van der Waals surface area contributed by atoms with Crippen LogP contribution in [0.3, 0.4) is 0 Å². The normalized spacial score (nSPS) is 14.1. The molecule has 4 nitrogen and oxygen atoms in total. The molecule has 0 aromatic heterocycles. The van der Waals surface area contributed by atoms with Crippen LogP contribution in [0.15, 0.2) is 0 Å². The number of aliphatic hydroxyl groups excluding tert-OH is 1. The highest BCUT2D eigenvalue weighted by Crippen LogP contribution is 2.14. The van der Waals surface area contributed by atoms with E-state index in [1.54, 1.807) is 20.8 Å². The van der Waals surface area contributed by atoms with Crippen LogP contribution in [0.2, 0.25) is 0 Å².